The Morgan fingerprint density at radius 3 is 2.62 bits per heavy atom. The van der Waals surface area contributed by atoms with Crippen LogP contribution in [0.2, 0.25) is 0 Å². The highest BCUT2D eigenvalue weighted by atomic mass is 16.5. The molecule has 0 saturated carbocycles. The van der Waals surface area contributed by atoms with E-state index >= 15 is 0 Å². The molecule has 0 bridgehead atoms. The highest BCUT2D eigenvalue weighted by Gasteiger charge is 2.16. The highest BCUT2D eigenvalue weighted by Crippen LogP contribution is 2.15. The van der Waals surface area contributed by atoms with Crippen LogP contribution < -0.4 is 4.74 Å². The maximum absolute atomic E-state index is 12.4. The summed E-state index contributed by atoms with van der Waals surface area (Å²) in [5.74, 6) is 0.261. The van der Waals surface area contributed by atoms with Gasteiger partial charge in [0.15, 0.2) is 0 Å². The van der Waals surface area contributed by atoms with Crippen LogP contribution in [-0.4, -0.2) is 43.6 Å². The number of methoxy groups -OCH3 is 1. The van der Waals surface area contributed by atoms with Gasteiger partial charge in [0.1, 0.15) is 5.75 Å². The molecule has 0 radical (unpaired) electrons. The average Bonchev–Trinajstić information content (AvgIpc) is 2.53. The number of esters is 1. The molecule has 1 aromatic rings. The van der Waals surface area contributed by atoms with Gasteiger partial charge in [-0.15, -0.1) is 0 Å². The van der Waals surface area contributed by atoms with Crippen molar-refractivity contribution in [3.8, 4) is 5.75 Å². The summed E-state index contributed by atoms with van der Waals surface area (Å²) in [4.78, 5) is 25.2. The van der Waals surface area contributed by atoms with Crippen molar-refractivity contribution in [2.75, 3.05) is 26.8 Å². The lowest BCUT2D eigenvalue weighted by Gasteiger charge is -2.20. The summed E-state index contributed by atoms with van der Waals surface area (Å²) in [7, 11) is 1.34. The first kappa shape index (κ1) is 17.0. The maximum Gasteiger partial charge on any atom is 0.307 e. The predicted octanol–water partition coefficient (Wildman–Crippen LogP) is 2.50. The molecule has 116 valence electrons. The molecule has 0 aromatic heterocycles. The lowest BCUT2D eigenvalue weighted by atomic mass is 10.2. The zero-order chi connectivity index (χ0) is 15.7. The molecule has 1 aromatic carbocycles. The first-order valence-electron chi connectivity index (χ1n) is 7.21. The summed E-state index contributed by atoms with van der Waals surface area (Å²) in [6, 6.07) is 7.12. The monoisotopic (exact) mass is 293 g/mol. The van der Waals surface area contributed by atoms with E-state index in [1.165, 1.54) is 7.11 Å². The van der Waals surface area contributed by atoms with E-state index in [2.05, 4.69) is 4.74 Å². The summed E-state index contributed by atoms with van der Waals surface area (Å²) < 4.78 is 10.1. The van der Waals surface area contributed by atoms with Crippen LogP contribution in [-0.2, 0) is 9.53 Å². The molecule has 0 N–H and O–H groups in total. The Balaban J connectivity index is 2.72. The Hall–Kier alpha value is -2.04. The zero-order valence-electron chi connectivity index (χ0n) is 12.9. The van der Waals surface area contributed by atoms with Crippen LogP contribution in [0, 0.1) is 0 Å². The Morgan fingerprint density at radius 2 is 2.00 bits per heavy atom. The van der Waals surface area contributed by atoms with E-state index in [0.717, 1.165) is 6.42 Å². The molecule has 0 atom stereocenters. The van der Waals surface area contributed by atoms with E-state index < -0.39 is 0 Å². The summed E-state index contributed by atoms with van der Waals surface area (Å²) in [6.45, 7) is 5.42. The second-order valence-corrected chi connectivity index (χ2v) is 4.59. The van der Waals surface area contributed by atoms with Gasteiger partial charge >= 0.3 is 5.97 Å². The van der Waals surface area contributed by atoms with Gasteiger partial charge < -0.3 is 14.4 Å². The maximum atomic E-state index is 12.4. The van der Waals surface area contributed by atoms with E-state index in [-0.39, 0.29) is 18.3 Å². The minimum atomic E-state index is -0.318. The Labute approximate surface area is 125 Å². The topological polar surface area (TPSA) is 55.8 Å². The molecule has 0 aliphatic rings. The number of ether oxygens (including phenoxy) is 2. The number of benzene rings is 1. The van der Waals surface area contributed by atoms with Gasteiger partial charge in [-0.25, -0.2) is 0 Å². The van der Waals surface area contributed by atoms with Gasteiger partial charge in [0.2, 0.25) is 0 Å². The second-order valence-electron chi connectivity index (χ2n) is 4.59. The van der Waals surface area contributed by atoms with Gasteiger partial charge in [0.25, 0.3) is 5.91 Å². The van der Waals surface area contributed by atoms with E-state index in [0.29, 0.717) is 31.0 Å². The van der Waals surface area contributed by atoms with Crippen molar-refractivity contribution in [1.82, 2.24) is 4.90 Å². The van der Waals surface area contributed by atoms with Crippen molar-refractivity contribution < 1.29 is 19.1 Å². The minimum absolute atomic E-state index is 0.108. The van der Waals surface area contributed by atoms with Crippen LogP contribution in [0.5, 0.6) is 5.75 Å². The number of hydrogen-bond donors (Lipinski definition) is 0. The third-order valence-electron chi connectivity index (χ3n) is 3.04. The van der Waals surface area contributed by atoms with E-state index in [1.54, 1.807) is 23.1 Å². The Kier molecular flexibility index (Phi) is 7.29. The Morgan fingerprint density at radius 1 is 1.24 bits per heavy atom. The van der Waals surface area contributed by atoms with E-state index in [9.17, 15) is 9.59 Å². The van der Waals surface area contributed by atoms with Crippen LogP contribution in [0.15, 0.2) is 24.3 Å². The normalized spacial score (nSPS) is 10.0. The summed E-state index contributed by atoms with van der Waals surface area (Å²) in [5.41, 5.74) is 0.565. The van der Waals surface area contributed by atoms with Crippen molar-refractivity contribution in [2.24, 2.45) is 0 Å². The van der Waals surface area contributed by atoms with Crippen LogP contribution in [0.1, 0.15) is 37.0 Å². The predicted molar refractivity (Wildman–Crippen MR) is 80.4 cm³/mol. The van der Waals surface area contributed by atoms with Crippen molar-refractivity contribution in [3.63, 3.8) is 0 Å². The lowest BCUT2D eigenvalue weighted by molar-refractivity contribution is -0.140. The van der Waals surface area contributed by atoms with Gasteiger partial charge in [0.05, 0.1) is 20.1 Å². The van der Waals surface area contributed by atoms with Gasteiger partial charge in [0, 0.05) is 18.7 Å². The molecule has 0 aliphatic carbocycles. The molecule has 0 saturated heterocycles. The number of carbonyl (C=O) groups is 2. The number of nitrogens with zero attached hydrogens (tertiary/aromatic N) is 1. The van der Waals surface area contributed by atoms with E-state index in [4.69, 9.17) is 4.74 Å². The largest absolute Gasteiger partial charge is 0.494 e. The van der Waals surface area contributed by atoms with Gasteiger partial charge in [-0.2, -0.15) is 0 Å². The van der Waals surface area contributed by atoms with Crippen LogP contribution >= 0.6 is 0 Å². The average molecular weight is 293 g/mol. The number of amides is 1. The quantitative estimate of drug-likeness (QED) is 0.691. The molecule has 0 aliphatic heterocycles. The van der Waals surface area contributed by atoms with Crippen LogP contribution in [0.25, 0.3) is 0 Å². The van der Waals surface area contributed by atoms with Gasteiger partial charge in [-0.3, -0.25) is 9.59 Å². The van der Waals surface area contributed by atoms with Crippen LogP contribution in [0.3, 0.4) is 0 Å². The second kappa shape index (κ2) is 9.00. The molecule has 0 heterocycles. The molecule has 0 fully saturated rings. The standard InChI is InChI=1S/C16H23NO4/c1-4-11-21-14-8-6-7-13(12-14)16(19)17(5-2)10-9-15(18)20-3/h6-8,12H,4-5,9-11H2,1-3H3. The first-order chi connectivity index (χ1) is 10.1. The van der Waals surface area contributed by atoms with Crippen molar-refractivity contribution in [1.29, 1.82) is 0 Å². The molecule has 0 spiro atoms. The molecule has 21 heavy (non-hydrogen) atoms. The fourth-order valence-corrected chi connectivity index (χ4v) is 1.85. The zero-order valence-corrected chi connectivity index (χ0v) is 12.9. The molecule has 5 nitrogen and oxygen atoms in total. The summed E-state index contributed by atoms with van der Waals surface area (Å²) in [5, 5.41) is 0. The SMILES string of the molecule is CCCOc1cccc(C(=O)N(CC)CCC(=O)OC)c1. The Bertz CT molecular complexity index is 473. The van der Waals surface area contributed by atoms with Crippen molar-refractivity contribution >= 4 is 11.9 Å². The smallest absolute Gasteiger partial charge is 0.307 e. The van der Waals surface area contributed by atoms with Crippen molar-refractivity contribution in [2.45, 2.75) is 26.7 Å². The fraction of sp³-hybridized carbons (Fsp3) is 0.500. The van der Waals surface area contributed by atoms with Crippen molar-refractivity contribution in [3.05, 3.63) is 29.8 Å². The summed E-state index contributed by atoms with van der Waals surface area (Å²) >= 11 is 0. The number of carbonyl (C=O) groups excluding carboxylic acids is 2. The molecule has 1 amide bonds. The van der Waals surface area contributed by atoms with Gasteiger partial charge in [-0.05, 0) is 31.5 Å². The third-order valence-corrected chi connectivity index (χ3v) is 3.04. The number of rotatable bonds is 8. The van der Waals surface area contributed by atoms with E-state index in [1.807, 2.05) is 19.9 Å². The first-order valence-corrected chi connectivity index (χ1v) is 7.21. The summed E-state index contributed by atoms with van der Waals surface area (Å²) in [6.07, 6.45) is 1.11. The third kappa shape index (κ3) is 5.45. The number of hydrogen-bond acceptors (Lipinski definition) is 4. The minimum Gasteiger partial charge on any atom is -0.494 e. The molecular weight excluding hydrogens is 270 g/mol. The van der Waals surface area contributed by atoms with Crippen LogP contribution in [0.4, 0.5) is 0 Å². The molecule has 1 rings (SSSR count). The fourth-order valence-electron chi connectivity index (χ4n) is 1.85. The van der Waals surface area contributed by atoms with Gasteiger partial charge in [-0.1, -0.05) is 13.0 Å². The molecular formula is C16H23NO4. The highest BCUT2D eigenvalue weighted by molar-refractivity contribution is 5.94. The lowest BCUT2D eigenvalue weighted by Crippen LogP contribution is -2.33. The molecule has 5 heteroatoms. The molecule has 0 unspecified atom stereocenters.